The Morgan fingerprint density at radius 3 is 2.84 bits per heavy atom. The summed E-state index contributed by atoms with van der Waals surface area (Å²) in [5.74, 6) is 0.249. The molecule has 1 aromatic carbocycles. The number of hydrogen-bond acceptors (Lipinski definition) is 5. The van der Waals surface area contributed by atoms with Gasteiger partial charge in [0, 0.05) is 61.7 Å². The van der Waals surface area contributed by atoms with Crippen molar-refractivity contribution in [3.8, 4) is 11.1 Å². The molecule has 1 atom stereocenters. The van der Waals surface area contributed by atoms with Crippen LogP contribution in [0.15, 0.2) is 30.5 Å². The molecule has 3 heterocycles. The second-order valence-electron chi connectivity index (χ2n) is 8.82. The van der Waals surface area contributed by atoms with E-state index in [1.807, 2.05) is 30.0 Å². The number of piperidine rings is 1. The molecule has 1 fully saturated rings. The van der Waals surface area contributed by atoms with E-state index in [0.29, 0.717) is 35.9 Å². The van der Waals surface area contributed by atoms with E-state index in [2.05, 4.69) is 15.2 Å². The minimum Gasteiger partial charge on any atom is -0.347 e. The number of aryl methyl sites for hydroxylation is 1. The van der Waals surface area contributed by atoms with E-state index in [1.165, 1.54) is 6.07 Å². The zero-order valence-electron chi connectivity index (χ0n) is 18.4. The minimum absolute atomic E-state index is 0.00371. The Balaban J connectivity index is 1.49. The second kappa shape index (κ2) is 8.33. The maximum absolute atomic E-state index is 14.7. The molecule has 1 aliphatic carbocycles. The highest BCUT2D eigenvalue weighted by molar-refractivity contribution is 5.94. The topological polar surface area (TPSA) is 78.0 Å². The van der Waals surface area contributed by atoms with Gasteiger partial charge in [-0.3, -0.25) is 9.89 Å². The molecule has 7 nitrogen and oxygen atoms in total. The molecule has 0 unspecified atom stereocenters. The van der Waals surface area contributed by atoms with Crippen LogP contribution in [0, 0.1) is 5.82 Å². The van der Waals surface area contributed by atoms with Crippen LogP contribution < -0.4 is 4.90 Å². The molecule has 5 rings (SSSR count). The van der Waals surface area contributed by atoms with Gasteiger partial charge in [0.2, 0.25) is 5.95 Å². The van der Waals surface area contributed by atoms with Gasteiger partial charge in [0.15, 0.2) is 5.69 Å². The molecule has 0 radical (unpaired) electrons. The lowest BCUT2D eigenvalue weighted by molar-refractivity contribution is 0.0699. The highest BCUT2D eigenvalue weighted by Gasteiger charge is 2.32. The lowest BCUT2D eigenvalue weighted by atomic mass is 9.89. The van der Waals surface area contributed by atoms with Crippen molar-refractivity contribution in [3.63, 3.8) is 0 Å². The number of aromatic amines is 1. The van der Waals surface area contributed by atoms with Crippen LogP contribution in [0.2, 0.25) is 0 Å². The van der Waals surface area contributed by atoms with Crippen molar-refractivity contribution in [2.24, 2.45) is 0 Å². The number of anilines is 1. The summed E-state index contributed by atoms with van der Waals surface area (Å²) in [6, 6.07) is 6.70. The molecule has 1 saturated heterocycles. The number of carbonyl (C=O) groups excluding carboxylic acids is 1. The molecule has 166 valence electrons. The number of carbonyl (C=O) groups is 1. The highest BCUT2D eigenvalue weighted by Crippen LogP contribution is 2.35. The average molecular weight is 435 g/mol. The molecule has 1 N–H and O–H groups in total. The molecule has 0 saturated carbocycles. The van der Waals surface area contributed by atoms with Gasteiger partial charge in [-0.25, -0.2) is 14.4 Å². The van der Waals surface area contributed by atoms with Crippen molar-refractivity contribution in [1.82, 2.24) is 25.1 Å². The van der Waals surface area contributed by atoms with E-state index in [4.69, 9.17) is 4.98 Å². The number of rotatable bonds is 4. The van der Waals surface area contributed by atoms with Crippen LogP contribution in [0.4, 0.5) is 10.3 Å². The smallest absolute Gasteiger partial charge is 0.274 e. The van der Waals surface area contributed by atoms with Gasteiger partial charge in [0.25, 0.3) is 5.91 Å². The molecular weight excluding hydrogens is 407 g/mol. The van der Waals surface area contributed by atoms with Gasteiger partial charge in [-0.15, -0.1) is 0 Å². The highest BCUT2D eigenvalue weighted by atomic mass is 19.1. The lowest BCUT2D eigenvalue weighted by Crippen LogP contribution is -2.40. The van der Waals surface area contributed by atoms with Crippen molar-refractivity contribution in [3.05, 3.63) is 58.9 Å². The summed E-state index contributed by atoms with van der Waals surface area (Å²) in [6.45, 7) is 1.23. The number of amides is 1. The number of fused-ring (bicyclic) bond motifs is 1. The number of aromatic nitrogens is 4. The Kier molecular flexibility index (Phi) is 5.36. The van der Waals surface area contributed by atoms with E-state index in [-0.39, 0.29) is 17.6 Å². The Hall–Kier alpha value is -3.29. The summed E-state index contributed by atoms with van der Waals surface area (Å²) >= 11 is 0. The maximum atomic E-state index is 14.7. The van der Waals surface area contributed by atoms with Gasteiger partial charge in [0.05, 0.1) is 5.69 Å². The monoisotopic (exact) mass is 434 g/mol. The second-order valence-corrected chi connectivity index (χ2v) is 8.82. The predicted molar refractivity (Wildman–Crippen MR) is 120 cm³/mol. The Bertz CT molecular complexity index is 1160. The van der Waals surface area contributed by atoms with Gasteiger partial charge in [0.1, 0.15) is 5.82 Å². The van der Waals surface area contributed by atoms with Crippen LogP contribution in [-0.4, -0.2) is 58.2 Å². The Morgan fingerprint density at radius 1 is 1.19 bits per heavy atom. The minimum atomic E-state index is -0.300. The summed E-state index contributed by atoms with van der Waals surface area (Å²) in [5, 5.41) is 7.37. The summed E-state index contributed by atoms with van der Waals surface area (Å²) in [6.07, 6.45) is 6.37. The molecule has 0 spiro atoms. The first-order valence-electron chi connectivity index (χ1n) is 11.2. The summed E-state index contributed by atoms with van der Waals surface area (Å²) in [7, 11) is 3.77. The van der Waals surface area contributed by atoms with Crippen LogP contribution in [0.3, 0.4) is 0 Å². The van der Waals surface area contributed by atoms with Gasteiger partial charge in [-0.1, -0.05) is 18.2 Å². The standard InChI is InChI=1S/C24H27FN6O/c1-30(2)24-26-13-18(16-8-3-4-10-19(16)25)21(27-24)15-7-6-12-31(14-15)23(32)22-17-9-5-11-20(17)28-29-22/h3-4,8,10,13,15H,5-7,9,11-12,14H2,1-2H3,(H,28,29)/t15-/m1/s1. The molecule has 1 aliphatic heterocycles. The van der Waals surface area contributed by atoms with Gasteiger partial charge in [-0.2, -0.15) is 5.10 Å². The lowest BCUT2D eigenvalue weighted by Gasteiger charge is -2.33. The quantitative estimate of drug-likeness (QED) is 0.679. The van der Waals surface area contributed by atoms with Crippen LogP contribution >= 0.6 is 0 Å². The number of likely N-dealkylation sites (tertiary alicyclic amines) is 1. The zero-order chi connectivity index (χ0) is 22.2. The van der Waals surface area contributed by atoms with Crippen LogP contribution in [-0.2, 0) is 12.8 Å². The molecular formula is C24H27FN6O. The van der Waals surface area contributed by atoms with Gasteiger partial charge in [-0.05, 0) is 38.2 Å². The largest absolute Gasteiger partial charge is 0.347 e. The Labute approximate surface area is 186 Å². The normalized spacial score (nSPS) is 18.0. The van der Waals surface area contributed by atoms with E-state index in [0.717, 1.165) is 49.1 Å². The summed E-state index contributed by atoms with van der Waals surface area (Å²) in [5.41, 5.74) is 4.69. The summed E-state index contributed by atoms with van der Waals surface area (Å²) < 4.78 is 14.7. The third-order valence-electron chi connectivity index (χ3n) is 6.47. The van der Waals surface area contributed by atoms with Crippen molar-refractivity contribution < 1.29 is 9.18 Å². The van der Waals surface area contributed by atoms with Crippen LogP contribution in [0.5, 0.6) is 0 Å². The number of benzene rings is 1. The van der Waals surface area contributed by atoms with E-state index >= 15 is 0 Å². The number of hydrogen-bond donors (Lipinski definition) is 1. The SMILES string of the molecule is CN(C)c1ncc(-c2ccccc2F)c([C@@H]2CCCN(C(=O)c3n[nH]c4c3CCC4)C2)n1. The molecule has 2 aromatic heterocycles. The van der Waals surface area contributed by atoms with Crippen LogP contribution in [0.1, 0.15) is 52.6 Å². The molecule has 3 aromatic rings. The average Bonchev–Trinajstić information content (AvgIpc) is 3.43. The fourth-order valence-electron chi connectivity index (χ4n) is 4.83. The molecule has 8 heteroatoms. The number of nitrogens with one attached hydrogen (secondary N) is 1. The maximum Gasteiger partial charge on any atom is 0.274 e. The Morgan fingerprint density at radius 2 is 2.03 bits per heavy atom. The fourth-order valence-corrected chi connectivity index (χ4v) is 4.83. The summed E-state index contributed by atoms with van der Waals surface area (Å²) in [4.78, 5) is 26.3. The molecule has 1 amide bonds. The van der Waals surface area contributed by atoms with E-state index in [9.17, 15) is 9.18 Å². The van der Waals surface area contributed by atoms with Crippen molar-refractivity contribution >= 4 is 11.9 Å². The zero-order valence-corrected chi connectivity index (χ0v) is 18.4. The van der Waals surface area contributed by atoms with Crippen molar-refractivity contribution in [2.75, 3.05) is 32.1 Å². The van der Waals surface area contributed by atoms with Gasteiger partial charge < -0.3 is 9.80 Å². The number of halogens is 1. The first kappa shape index (κ1) is 20.6. The van der Waals surface area contributed by atoms with Gasteiger partial charge >= 0.3 is 0 Å². The van der Waals surface area contributed by atoms with Crippen molar-refractivity contribution in [1.29, 1.82) is 0 Å². The number of nitrogens with zero attached hydrogens (tertiary/aromatic N) is 5. The van der Waals surface area contributed by atoms with Crippen molar-refractivity contribution in [2.45, 2.75) is 38.0 Å². The van der Waals surface area contributed by atoms with E-state index < -0.39 is 0 Å². The fraction of sp³-hybridized carbons (Fsp3) is 0.417. The first-order chi connectivity index (χ1) is 15.5. The molecule has 0 bridgehead atoms. The molecule has 2 aliphatic rings. The third-order valence-corrected chi connectivity index (χ3v) is 6.47. The third kappa shape index (κ3) is 3.63. The predicted octanol–water partition coefficient (Wildman–Crippen LogP) is 3.58. The van der Waals surface area contributed by atoms with E-state index in [1.54, 1.807) is 18.3 Å². The molecule has 32 heavy (non-hydrogen) atoms. The number of H-pyrrole nitrogens is 1. The van der Waals surface area contributed by atoms with Crippen LogP contribution in [0.25, 0.3) is 11.1 Å². The first-order valence-corrected chi connectivity index (χ1v) is 11.2.